The van der Waals surface area contributed by atoms with Crippen molar-refractivity contribution >= 4 is 11.9 Å². The third kappa shape index (κ3) is 4.94. The zero-order valence-corrected chi connectivity index (χ0v) is 15.4. The number of rotatable bonds is 5. The Kier molecular flexibility index (Phi) is 7.12. The van der Waals surface area contributed by atoms with Crippen molar-refractivity contribution < 1.29 is 34.4 Å². The van der Waals surface area contributed by atoms with Crippen LogP contribution in [0.15, 0.2) is 47.6 Å². The highest BCUT2D eigenvalue weighted by Gasteiger charge is 2.40. The van der Waals surface area contributed by atoms with Crippen LogP contribution in [0.25, 0.3) is 0 Å². The largest absolute Gasteiger partial charge is 0.454 e. The SMILES string of the molecule is C=C(C(=O)OC1CC2C(=C)C(=O)OC2C=C(CO)CCC=C1C)C(O)CO. The Labute approximate surface area is 158 Å². The minimum atomic E-state index is -1.39. The summed E-state index contributed by atoms with van der Waals surface area (Å²) in [5, 5.41) is 28.1. The van der Waals surface area contributed by atoms with Crippen molar-refractivity contribution in [2.45, 2.75) is 44.5 Å². The lowest BCUT2D eigenvalue weighted by Gasteiger charge is -2.26. The zero-order chi connectivity index (χ0) is 20.1. The first-order chi connectivity index (χ1) is 12.8. The minimum absolute atomic E-state index is 0.128. The number of aliphatic hydroxyl groups excluding tert-OH is 3. The molecule has 4 unspecified atom stereocenters. The molecule has 3 N–H and O–H groups in total. The second-order valence-corrected chi connectivity index (χ2v) is 6.82. The van der Waals surface area contributed by atoms with Gasteiger partial charge in [0.25, 0.3) is 0 Å². The maximum atomic E-state index is 12.3. The first kappa shape index (κ1) is 21.1. The maximum absolute atomic E-state index is 12.3. The van der Waals surface area contributed by atoms with Gasteiger partial charge in [-0.05, 0) is 43.4 Å². The van der Waals surface area contributed by atoms with Crippen LogP contribution in [0.5, 0.6) is 0 Å². The Balaban J connectivity index is 2.27. The van der Waals surface area contributed by atoms with Crippen LogP contribution in [0.1, 0.15) is 26.2 Å². The van der Waals surface area contributed by atoms with E-state index in [0.29, 0.717) is 12.8 Å². The third-order valence-corrected chi connectivity index (χ3v) is 4.95. The van der Waals surface area contributed by atoms with Crippen molar-refractivity contribution in [2.24, 2.45) is 5.92 Å². The molecule has 2 rings (SSSR count). The van der Waals surface area contributed by atoms with Crippen LogP contribution in [0.4, 0.5) is 0 Å². The molecule has 0 aromatic rings. The summed E-state index contributed by atoms with van der Waals surface area (Å²) in [4.78, 5) is 24.2. The summed E-state index contributed by atoms with van der Waals surface area (Å²) >= 11 is 0. The highest BCUT2D eigenvalue weighted by Crippen LogP contribution is 2.35. The summed E-state index contributed by atoms with van der Waals surface area (Å²) < 4.78 is 10.9. The molecule has 1 heterocycles. The van der Waals surface area contributed by atoms with Crippen molar-refractivity contribution in [3.05, 3.63) is 47.6 Å². The van der Waals surface area contributed by atoms with Crippen LogP contribution in [-0.2, 0) is 19.1 Å². The van der Waals surface area contributed by atoms with Crippen molar-refractivity contribution in [2.75, 3.05) is 13.2 Å². The molecule has 0 aromatic carbocycles. The van der Waals surface area contributed by atoms with Gasteiger partial charge in [-0.3, -0.25) is 0 Å². The molecule has 0 radical (unpaired) electrons. The van der Waals surface area contributed by atoms with E-state index in [2.05, 4.69) is 13.2 Å². The summed E-state index contributed by atoms with van der Waals surface area (Å²) in [7, 11) is 0. The topological polar surface area (TPSA) is 113 Å². The molecule has 1 aliphatic carbocycles. The van der Waals surface area contributed by atoms with E-state index < -0.39 is 42.8 Å². The lowest BCUT2D eigenvalue weighted by molar-refractivity contribution is -0.145. The molecule has 2 aliphatic rings. The van der Waals surface area contributed by atoms with Gasteiger partial charge in [0.1, 0.15) is 18.3 Å². The lowest BCUT2D eigenvalue weighted by atomic mass is 9.86. The predicted octanol–water partition coefficient (Wildman–Crippen LogP) is 0.954. The van der Waals surface area contributed by atoms with Gasteiger partial charge in [0.2, 0.25) is 0 Å². The molecule has 0 saturated carbocycles. The van der Waals surface area contributed by atoms with E-state index >= 15 is 0 Å². The van der Waals surface area contributed by atoms with Gasteiger partial charge in [-0.2, -0.15) is 0 Å². The number of aliphatic hydroxyl groups is 3. The first-order valence-electron chi connectivity index (χ1n) is 8.84. The average molecular weight is 378 g/mol. The molecular formula is C20H26O7. The second-order valence-electron chi connectivity index (χ2n) is 6.82. The summed E-state index contributed by atoms with van der Waals surface area (Å²) in [6.45, 7) is 8.31. The van der Waals surface area contributed by atoms with E-state index in [1.165, 1.54) is 0 Å². The second kappa shape index (κ2) is 9.12. The van der Waals surface area contributed by atoms with E-state index in [1.807, 2.05) is 13.0 Å². The van der Waals surface area contributed by atoms with Crippen LogP contribution in [0.2, 0.25) is 0 Å². The van der Waals surface area contributed by atoms with Crippen molar-refractivity contribution in [3.8, 4) is 0 Å². The fraction of sp³-hybridized carbons (Fsp3) is 0.500. The monoisotopic (exact) mass is 378 g/mol. The number of ether oxygens (including phenoxy) is 2. The smallest absolute Gasteiger partial charge is 0.336 e. The lowest BCUT2D eigenvalue weighted by Crippen LogP contribution is -2.30. The van der Waals surface area contributed by atoms with Gasteiger partial charge >= 0.3 is 11.9 Å². The number of esters is 2. The number of allylic oxidation sites excluding steroid dienone is 1. The summed E-state index contributed by atoms with van der Waals surface area (Å²) in [5.74, 6) is -1.73. The van der Waals surface area contributed by atoms with Gasteiger partial charge in [-0.1, -0.05) is 19.2 Å². The molecule has 7 heteroatoms. The summed E-state index contributed by atoms with van der Waals surface area (Å²) in [6.07, 6.45) is 2.48. The Morgan fingerprint density at radius 2 is 2.15 bits per heavy atom. The van der Waals surface area contributed by atoms with E-state index in [9.17, 15) is 19.8 Å². The maximum Gasteiger partial charge on any atom is 0.336 e. The zero-order valence-electron chi connectivity index (χ0n) is 15.4. The van der Waals surface area contributed by atoms with Crippen LogP contribution in [0, 0.1) is 5.92 Å². The van der Waals surface area contributed by atoms with Gasteiger partial charge in [0, 0.05) is 11.5 Å². The third-order valence-electron chi connectivity index (χ3n) is 4.95. The predicted molar refractivity (Wildman–Crippen MR) is 97.4 cm³/mol. The van der Waals surface area contributed by atoms with Gasteiger partial charge in [-0.25, -0.2) is 9.59 Å². The number of carbonyl (C=O) groups is 2. The van der Waals surface area contributed by atoms with E-state index in [-0.39, 0.29) is 24.2 Å². The molecule has 7 nitrogen and oxygen atoms in total. The highest BCUT2D eigenvalue weighted by atomic mass is 16.6. The van der Waals surface area contributed by atoms with Gasteiger partial charge in [0.15, 0.2) is 0 Å². The quantitative estimate of drug-likeness (QED) is 0.371. The Morgan fingerprint density at radius 1 is 1.44 bits per heavy atom. The molecule has 1 saturated heterocycles. The van der Waals surface area contributed by atoms with Crippen molar-refractivity contribution in [1.82, 2.24) is 0 Å². The van der Waals surface area contributed by atoms with E-state index in [1.54, 1.807) is 6.08 Å². The molecule has 148 valence electrons. The fourth-order valence-corrected chi connectivity index (χ4v) is 3.13. The first-order valence-corrected chi connectivity index (χ1v) is 8.84. The van der Waals surface area contributed by atoms with E-state index in [4.69, 9.17) is 14.6 Å². The molecule has 27 heavy (non-hydrogen) atoms. The number of hydrogen-bond acceptors (Lipinski definition) is 7. The Bertz CT molecular complexity index is 688. The molecule has 0 spiro atoms. The van der Waals surface area contributed by atoms with E-state index in [0.717, 1.165) is 11.1 Å². The number of fused-ring (bicyclic) bond motifs is 1. The minimum Gasteiger partial charge on any atom is -0.454 e. The normalized spacial score (nSPS) is 27.0. The van der Waals surface area contributed by atoms with Crippen molar-refractivity contribution in [1.29, 1.82) is 0 Å². The number of carbonyl (C=O) groups excluding carboxylic acids is 2. The summed E-state index contributed by atoms with van der Waals surface area (Å²) in [5.41, 5.74) is 1.60. The average Bonchev–Trinajstić information content (AvgIpc) is 2.92. The molecule has 0 aromatic heterocycles. The van der Waals surface area contributed by atoms with Crippen LogP contribution in [-0.4, -0.2) is 58.8 Å². The molecule has 0 amide bonds. The number of hydrogen-bond donors (Lipinski definition) is 3. The van der Waals surface area contributed by atoms with Crippen LogP contribution in [0.3, 0.4) is 0 Å². The fourth-order valence-electron chi connectivity index (χ4n) is 3.13. The van der Waals surface area contributed by atoms with Crippen LogP contribution < -0.4 is 0 Å². The summed E-state index contributed by atoms with van der Waals surface area (Å²) in [6, 6.07) is 0. The highest BCUT2D eigenvalue weighted by molar-refractivity contribution is 5.91. The molecule has 4 atom stereocenters. The van der Waals surface area contributed by atoms with Gasteiger partial charge in [0.05, 0.1) is 18.8 Å². The van der Waals surface area contributed by atoms with Crippen molar-refractivity contribution in [3.63, 3.8) is 0 Å². The Hall–Kier alpha value is -2.22. The Morgan fingerprint density at radius 3 is 2.78 bits per heavy atom. The van der Waals surface area contributed by atoms with Gasteiger partial charge < -0.3 is 24.8 Å². The van der Waals surface area contributed by atoms with Crippen LogP contribution >= 0.6 is 0 Å². The standard InChI is InChI=1S/C20H26O7/c1-11-5-4-6-14(9-21)7-18-15(12(2)19(24)27-18)8-17(11)26-20(25)13(3)16(23)10-22/h5,7,15-18,21-23H,2-4,6,8-10H2,1H3. The molecule has 1 aliphatic heterocycles. The molecule has 1 fully saturated rings. The molecule has 0 bridgehead atoms. The molecular weight excluding hydrogens is 352 g/mol. The van der Waals surface area contributed by atoms with Gasteiger partial charge in [-0.15, -0.1) is 0 Å².